The molecule has 0 unspecified atom stereocenters. The average Bonchev–Trinajstić information content (AvgIpc) is 2.36. The van der Waals surface area contributed by atoms with E-state index >= 15 is 0 Å². The summed E-state index contributed by atoms with van der Waals surface area (Å²) < 4.78 is 0. The van der Waals surface area contributed by atoms with Gasteiger partial charge in [0.2, 0.25) is 0 Å². The molecule has 1 aromatic carbocycles. The van der Waals surface area contributed by atoms with Gasteiger partial charge in [-0.2, -0.15) is 0 Å². The molecule has 0 amide bonds. The minimum absolute atomic E-state index is 0.168. The number of non-ortho nitro benzene ring substituents is 1. The van der Waals surface area contributed by atoms with Gasteiger partial charge in [0, 0.05) is 13.2 Å². The molecule has 0 radical (unpaired) electrons. The highest BCUT2D eigenvalue weighted by molar-refractivity contribution is 6.01. The summed E-state index contributed by atoms with van der Waals surface area (Å²) in [5, 5.41) is 24.8. The lowest BCUT2D eigenvalue weighted by Gasteiger charge is -2.06. The van der Waals surface area contributed by atoms with Gasteiger partial charge in [0.05, 0.1) is 21.3 Å². The Bertz CT molecular complexity index is 656. The maximum Gasteiger partial charge on any atom is 0.301 e. The lowest BCUT2D eigenvalue weighted by molar-refractivity contribution is -0.392. The highest BCUT2D eigenvalue weighted by Gasteiger charge is 2.25. The number of anilines is 1. The van der Waals surface area contributed by atoms with Crippen LogP contribution in [0.1, 0.15) is 0 Å². The first kappa shape index (κ1) is 11.7. The monoisotopic (exact) mass is 248 g/mol. The van der Waals surface area contributed by atoms with Gasteiger partial charge >= 0.3 is 5.69 Å². The Morgan fingerprint density at radius 3 is 2.44 bits per heavy atom. The zero-order chi connectivity index (χ0) is 13.3. The number of fused-ring (bicyclic) bond motifs is 1. The van der Waals surface area contributed by atoms with Crippen molar-refractivity contribution in [3.8, 4) is 0 Å². The summed E-state index contributed by atoms with van der Waals surface area (Å²) in [6.45, 7) is 0. The zero-order valence-electron chi connectivity index (χ0n) is 9.28. The Morgan fingerprint density at radius 2 is 1.89 bits per heavy atom. The molecule has 1 aromatic heterocycles. The van der Waals surface area contributed by atoms with Crippen molar-refractivity contribution in [2.75, 3.05) is 12.4 Å². The summed E-state index contributed by atoms with van der Waals surface area (Å²) >= 11 is 0. The third-order valence-corrected chi connectivity index (χ3v) is 2.49. The fourth-order valence-electron chi connectivity index (χ4n) is 1.75. The number of benzene rings is 1. The van der Waals surface area contributed by atoms with E-state index in [2.05, 4.69) is 10.3 Å². The molecule has 0 aliphatic rings. The van der Waals surface area contributed by atoms with Crippen LogP contribution in [-0.2, 0) is 0 Å². The molecule has 0 saturated heterocycles. The third kappa shape index (κ3) is 1.69. The summed E-state index contributed by atoms with van der Waals surface area (Å²) in [6.07, 6.45) is 1.43. The summed E-state index contributed by atoms with van der Waals surface area (Å²) in [7, 11) is 1.50. The van der Waals surface area contributed by atoms with Crippen molar-refractivity contribution in [3.05, 3.63) is 44.6 Å². The Labute approximate surface area is 101 Å². The Hall–Kier alpha value is -2.77. The highest BCUT2D eigenvalue weighted by atomic mass is 16.6. The Kier molecular flexibility index (Phi) is 2.76. The van der Waals surface area contributed by atoms with E-state index < -0.39 is 9.85 Å². The molecule has 0 bridgehead atoms. The molecule has 92 valence electrons. The smallest absolute Gasteiger partial charge is 0.301 e. The van der Waals surface area contributed by atoms with Crippen LogP contribution in [0, 0.1) is 20.2 Å². The molecule has 0 aliphatic heterocycles. The van der Waals surface area contributed by atoms with E-state index in [0.29, 0.717) is 0 Å². The summed E-state index contributed by atoms with van der Waals surface area (Å²) in [4.78, 5) is 24.5. The van der Waals surface area contributed by atoms with Crippen molar-refractivity contribution >= 4 is 28.0 Å². The van der Waals surface area contributed by atoms with Crippen molar-refractivity contribution in [2.24, 2.45) is 0 Å². The van der Waals surface area contributed by atoms with Crippen LogP contribution >= 0.6 is 0 Å². The number of nitrogens with one attached hydrogen (secondary N) is 1. The van der Waals surface area contributed by atoms with Crippen LogP contribution in [0.25, 0.3) is 10.9 Å². The molecule has 8 heteroatoms. The van der Waals surface area contributed by atoms with Gasteiger partial charge in [-0.1, -0.05) is 0 Å². The summed E-state index contributed by atoms with van der Waals surface area (Å²) in [5.74, 6) is 0. The van der Waals surface area contributed by atoms with Crippen LogP contribution in [0.5, 0.6) is 0 Å². The second-order valence-corrected chi connectivity index (χ2v) is 3.45. The maximum atomic E-state index is 10.9. The normalized spacial score (nSPS) is 10.3. The van der Waals surface area contributed by atoms with Crippen LogP contribution in [-0.4, -0.2) is 21.9 Å². The zero-order valence-corrected chi connectivity index (χ0v) is 9.28. The molecule has 0 fully saturated rings. The largest absolute Gasteiger partial charge is 0.381 e. The molecule has 0 saturated carbocycles. The maximum absolute atomic E-state index is 10.9. The second-order valence-electron chi connectivity index (χ2n) is 3.45. The number of nitro benzene ring substituents is 2. The van der Waals surface area contributed by atoms with Gasteiger partial charge in [0.15, 0.2) is 0 Å². The molecule has 2 rings (SSSR count). The van der Waals surface area contributed by atoms with Crippen molar-refractivity contribution in [1.82, 2.24) is 4.98 Å². The molecular formula is C10H8N4O4. The number of nitrogens with zero attached hydrogens (tertiary/aromatic N) is 3. The highest BCUT2D eigenvalue weighted by Crippen LogP contribution is 2.37. The van der Waals surface area contributed by atoms with E-state index in [1.807, 2.05) is 0 Å². The van der Waals surface area contributed by atoms with E-state index in [9.17, 15) is 20.2 Å². The van der Waals surface area contributed by atoms with Gasteiger partial charge in [-0.25, -0.2) is 0 Å². The third-order valence-electron chi connectivity index (χ3n) is 2.49. The minimum Gasteiger partial charge on any atom is -0.381 e. The fraction of sp³-hybridized carbons (Fsp3) is 0.100. The van der Waals surface area contributed by atoms with Crippen molar-refractivity contribution in [3.63, 3.8) is 0 Å². The van der Waals surface area contributed by atoms with Crippen LogP contribution in [0.2, 0.25) is 0 Å². The van der Waals surface area contributed by atoms with E-state index in [1.165, 1.54) is 19.3 Å². The van der Waals surface area contributed by atoms with Gasteiger partial charge in [-0.15, -0.1) is 0 Å². The quantitative estimate of drug-likeness (QED) is 0.657. The molecule has 0 atom stereocenters. The van der Waals surface area contributed by atoms with Crippen LogP contribution in [0.15, 0.2) is 24.4 Å². The number of hydrogen-bond donors (Lipinski definition) is 1. The van der Waals surface area contributed by atoms with E-state index in [-0.39, 0.29) is 28.0 Å². The van der Waals surface area contributed by atoms with E-state index in [1.54, 1.807) is 6.07 Å². The number of rotatable bonds is 3. The fourth-order valence-corrected chi connectivity index (χ4v) is 1.75. The SMILES string of the molecule is CNc1c([N+](=O)[O-])cc([N+](=O)[O-])c2cccnc12. The number of hydrogen-bond acceptors (Lipinski definition) is 6. The topological polar surface area (TPSA) is 111 Å². The predicted octanol–water partition coefficient (Wildman–Crippen LogP) is 2.09. The van der Waals surface area contributed by atoms with E-state index in [4.69, 9.17) is 0 Å². The standard InChI is InChI=1S/C10H8N4O4/c1-11-10-8(14(17)18)5-7(13(15)16)6-3-2-4-12-9(6)10/h2-5,11H,1H3. The number of pyridine rings is 1. The van der Waals surface area contributed by atoms with Gasteiger partial charge in [-0.3, -0.25) is 25.2 Å². The lowest BCUT2D eigenvalue weighted by Crippen LogP contribution is -2.01. The first-order chi connectivity index (χ1) is 8.56. The molecule has 1 N–H and O–H groups in total. The minimum atomic E-state index is -0.674. The molecule has 18 heavy (non-hydrogen) atoms. The van der Waals surface area contributed by atoms with Crippen molar-refractivity contribution in [1.29, 1.82) is 0 Å². The first-order valence-corrected chi connectivity index (χ1v) is 4.94. The number of nitro groups is 2. The molecular weight excluding hydrogens is 240 g/mol. The Balaban J connectivity index is 2.95. The molecule has 8 nitrogen and oxygen atoms in total. The first-order valence-electron chi connectivity index (χ1n) is 4.94. The second kappa shape index (κ2) is 4.24. The van der Waals surface area contributed by atoms with Crippen LogP contribution in [0.4, 0.5) is 17.1 Å². The molecule has 1 heterocycles. The van der Waals surface area contributed by atoms with Crippen molar-refractivity contribution < 1.29 is 9.85 Å². The molecule has 0 spiro atoms. The molecule has 2 aromatic rings. The van der Waals surface area contributed by atoms with Gasteiger partial charge in [0.25, 0.3) is 5.69 Å². The van der Waals surface area contributed by atoms with E-state index in [0.717, 1.165) is 6.07 Å². The van der Waals surface area contributed by atoms with Gasteiger partial charge in [0.1, 0.15) is 11.2 Å². The number of aromatic nitrogens is 1. The van der Waals surface area contributed by atoms with Gasteiger partial charge < -0.3 is 5.32 Å². The van der Waals surface area contributed by atoms with Crippen LogP contribution < -0.4 is 5.32 Å². The summed E-state index contributed by atoms with van der Waals surface area (Å²) in [5.41, 5.74) is -0.318. The lowest BCUT2D eigenvalue weighted by atomic mass is 10.1. The summed E-state index contributed by atoms with van der Waals surface area (Å²) in [6, 6.07) is 3.99. The van der Waals surface area contributed by atoms with Crippen molar-refractivity contribution in [2.45, 2.75) is 0 Å². The Morgan fingerprint density at radius 1 is 1.22 bits per heavy atom. The van der Waals surface area contributed by atoms with Gasteiger partial charge in [-0.05, 0) is 12.1 Å². The average molecular weight is 248 g/mol. The predicted molar refractivity (Wildman–Crippen MR) is 64.6 cm³/mol. The molecule has 0 aliphatic carbocycles. The van der Waals surface area contributed by atoms with Crippen LogP contribution in [0.3, 0.4) is 0 Å².